The van der Waals surface area contributed by atoms with E-state index in [0.29, 0.717) is 39.1 Å². The third kappa shape index (κ3) is 5.40. The van der Waals surface area contributed by atoms with Gasteiger partial charge in [0.2, 0.25) is 0 Å². The summed E-state index contributed by atoms with van der Waals surface area (Å²) in [6.45, 7) is 6.34. The monoisotopic (exact) mass is 449 g/mol. The van der Waals surface area contributed by atoms with Crippen LogP contribution in [0.2, 0.25) is 5.02 Å². The van der Waals surface area contributed by atoms with Crippen molar-refractivity contribution in [2.45, 2.75) is 13.5 Å². The molecule has 0 atom stereocenters. The van der Waals surface area contributed by atoms with E-state index in [0.717, 1.165) is 11.1 Å². The average molecular weight is 450 g/mol. The highest BCUT2D eigenvalue weighted by atomic mass is 35.5. The second kappa shape index (κ2) is 10.1. The van der Waals surface area contributed by atoms with Gasteiger partial charge in [0.15, 0.2) is 0 Å². The maximum Gasteiger partial charge on any atom is 0.264 e. The lowest BCUT2D eigenvalue weighted by Gasteiger charge is -2.21. The Morgan fingerprint density at radius 2 is 1.94 bits per heavy atom. The summed E-state index contributed by atoms with van der Waals surface area (Å²) >= 11 is 7.32. The number of anilines is 1. The number of halogens is 1. The maximum atomic E-state index is 13.2. The minimum absolute atomic E-state index is 0.148. The highest BCUT2D eigenvalue weighted by Crippen LogP contribution is 2.29. The molecule has 0 fully saturated rings. The molecule has 156 valence electrons. The van der Waals surface area contributed by atoms with Crippen LogP contribution in [0.4, 0.5) is 5.00 Å². The van der Waals surface area contributed by atoms with Crippen molar-refractivity contribution >= 4 is 39.8 Å². The van der Waals surface area contributed by atoms with Gasteiger partial charge in [-0.3, -0.25) is 9.59 Å². The number of carbonyl (C=O) groups excluding carboxylic acids is 2. The van der Waals surface area contributed by atoms with E-state index in [9.17, 15) is 9.59 Å². The number of hydrogen-bond acceptors (Lipinski definition) is 4. The first-order valence-corrected chi connectivity index (χ1v) is 10.7. The number of benzene rings is 2. The standard InChI is InChI=1S/C24H20ClN3O2S/c1-3-12-28(15-18-10-8-17(14-26)9-11-18)24(30)22-16(2)13-21(31-22)27-23(29)19-6-4-5-7-20(19)25/h3-11,13H,1,12,15H2,2H3,(H,27,29). The van der Waals surface area contributed by atoms with Gasteiger partial charge >= 0.3 is 0 Å². The molecule has 31 heavy (non-hydrogen) atoms. The number of nitriles is 1. The first-order valence-electron chi connectivity index (χ1n) is 9.48. The van der Waals surface area contributed by atoms with Crippen molar-refractivity contribution in [3.05, 3.63) is 99.4 Å². The zero-order chi connectivity index (χ0) is 22.4. The molecule has 0 aliphatic heterocycles. The smallest absolute Gasteiger partial charge is 0.264 e. The quantitative estimate of drug-likeness (QED) is 0.473. The van der Waals surface area contributed by atoms with Gasteiger partial charge in [-0.15, -0.1) is 17.9 Å². The summed E-state index contributed by atoms with van der Waals surface area (Å²) in [5, 5.41) is 12.7. The third-order valence-electron chi connectivity index (χ3n) is 4.56. The Balaban J connectivity index is 1.78. The molecule has 0 saturated carbocycles. The fraction of sp³-hybridized carbons (Fsp3) is 0.125. The van der Waals surface area contributed by atoms with Crippen LogP contribution >= 0.6 is 22.9 Å². The van der Waals surface area contributed by atoms with E-state index in [-0.39, 0.29) is 11.8 Å². The predicted molar refractivity (Wildman–Crippen MR) is 125 cm³/mol. The van der Waals surface area contributed by atoms with Crippen LogP contribution in [-0.4, -0.2) is 23.3 Å². The molecule has 0 aliphatic carbocycles. The topological polar surface area (TPSA) is 73.2 Å². The number of rotatable bonds is 7. The number of nitrogens with one attached hydrogen (secondary N) is 1. The molecule has 0 aliphatic rings. The van der Waals surface area contributed by atoms with Crippen molar-refractivity contribution in [1.29, 1.82) is 5.26 Å². The van der Waals surface area contributed by atoms with E-state index in [2.05, 4.69) is 18.0 Å². The molecular formula is C24H20ClN3O2S. The second-order valence-corrected chi connectivity index (χ2v) is 8.30. The average Bonchev–Trinajstić information content (AvgIpc) is 3.13. The van der Waals surface area contributed by atoms with Gasteiger partial charge in [0.1, 0.15) is 0 Å². The molecule has 1 heterocycles. The zero-order valence-corrected chi connectivity index (χ0v) is 18.5. The van der Waals surface area contributed by atoms with Gasteiger partial charge in [-0.1, -0.05) is 41.9 Å². The van der Waals surface area contributed by atoms with Crippen LogP contribution in [-0.2, 0) is 6.54 Å². The van der Waals surface area contributed by atoms with Crippen LogP contribution in [0.15, 0.2) is 67.3 Å². The Morgan fingerprint density at radius 3 is 2.58 bits per heavy atom. The normalized spacial score (nSPS) is 10.2. The maximum absolute atomic E-state index is 13.2. The Bertz CT molecular complexity index is 1160. The molecule has 3 rings (SSSR count). The van der Waals surface area contributed by atoms with Gasteiger partial charge in [0.05, 0.1) is 32.1 Å². The first-order chi connectivity index (χ1) is 14.9. The third-order valence-corrected chi connectivity index (χ3v) is 6.03. The van der Waals surface area contributed by atoms with E-state index in [4.69, 9.17) is 16.9 Å². The summed E-state index contributed by atoms with van der Waals surface area (Å²) in [6.07, 6.45) is 1.67. The Kier molecular flexibility index (Phi) is 7.24. The largest absolute Gasteiger partial charge is 0.330 e. The summed E-state index contributed by atoms with van der Waals surface area (Å²) in [6, 6.07) is 17.8. The number of thiophene rings is 1. The predicted octanol–water partition coefficient (Wildman–Crippen LogP) is 5.66. The number of aryl methyl sites for hydroxylation is 1. The minimum Gasteiger partial charge on any atom is -0.330 e. The molecule has 3 aromatic rings. The molecule has 1 aromatic heterocycles. The van der Waals surface area contributed by atoms with Crippen LogP contribution in [0.5, 0.6) is 0 Å². The summed E-state index contributed by atoms with van der Waals surface area (Å²) in [5.74, 6) is -0.476. The van der Waals surface area contributed by atoms with Gasteiger partial charge in [-0.25, -0.2) is 0 Å². The van der Waals surface area contributed by atoms with Crippen molar-refractivity contribution in [2.75, 3.05) is 11.9 Å². The zero-order valence-electron chi connectivity index (χ0n) is 16.9. The van der Waals surface area contributed by atoms with Crippen molar-refractivity contribution in [3.8, 4) is 6.07 Å². The minimum atomic E-state index is -0.327. The highest BCUT2D eigenvalue weighted by Gasteiger charge is 2.21. The lowest BCUT2D eigenvalue weighted by Crippen LogP contribution is -2.30. The van der Waals surface area contributed by atoms with Crippen molar-refractivity contribution < 1.29 is 9.59 Å². The first kappa shape index (κ1) is 22.3. The lowest BCUT2D eigenvalue weighted by molar-refractivity contribution is 0.0766. The summed E-state index contributed by atoms with van der Waals surface area (Å²) in [5.41, 5.74) is 2.63. The van der Waals surface area contributed by atoms with Crippen LogP contribution in [0.3, 0.4) is 0 Å². The van der Waals surface area contributed by atoms with Crippen LogP contribution in [0.1, 0.15) is 36.7 Å². The van der Waals surface area contributed by atoms with Crippen molar-refractivity contribution in [3.63, 3.8) is 0 Å². The molecule has 0 radical (unpaired) electrons. The Labute approximate surface area is 190 Å². The molecule has 0 unspecified atom stereocenters. The van der Waals surface area contributed by atoms with E-state index in [1.54, 1.807) is 53.4 Å². The molecule has 1 N–H and O–H groups in total. The summed E-state index contributed by atoms with van der Waals surface area (Å²) in [7, 11) is 0. The van der Waals surface area contributed by atoms with Crippen LogP contribution in [0, 0.1) is 18.3 Å². The number of hydrogen-bond donors (Lipinski definition) is 1. The van der Waals surface area contributed by atoms with E-state index >= 15 is 0 Å². The molecule has 7 heteroatoms. The highest BCUT2D eigenvalue weighted by molar-refractivity contribution is 7.18. The molecular weight excluding hydrogens is 430 g/mol. The molecule has 0 spiro atoms. The van der Waals surface area contributed by atoms with Gasteiger partial charge in [0.25, 0.3) is 11.8 Å². The van der Waals surface area contributed by atoms with E-state index < -0.39 is 0 Å². The number of carbonyl (C=O) groups is 2. The summed E-state index contributed by atoms with van der Waals surface area (Å²) in [4.78, 5) is 28.0. The second-order valence-electron chi connectivity index (χ2n) is 6.84. The fourth-order valence-corrected chi connectivity index (χ4v) is 4.26. The van der Waals surface area contributed by atoms with Gasteiger partial charge < -0.3 is 10.2 Å². The SMILES string of the molecule is C=CCN(Cc1ccc(C#N)cc1)C(=O)c1sc(NC(=O)c2ccccc2Cl)cc1C. The molecule has 2 amide bonds. The molecule has 0 bridgehead atoms. The Hall–Kier alpha value is -3.40. The molecule has 5 nitrogen and oxygen atoms in total. The fourth-order valence-electron chi connectivity index (χ4n) is 3.00. The van der Waals surface area contributed by atoms with Crippen molar-refractivity contribution in [2.24, 2.45) is 0 Å². The van der Waals surface area contributed by atoms with Crippen LogP contribution < -0.4 is 5.32 Å². The lowest BCUT2D eigenvalue weighted by atomic mass is 10.1. The number of nitrogens with zero attached hydrogens (tertiary/aromatic N) is 2. The van der Waals surface area contributed by atoms with Crippen LogP contribution in [0.25, 0.3) is 0 Å². The van der Waals surface area contributed by atoms with Gasteiger partial charge in [0, 0.05) is 13.1 Å². The van der Waals surface area contributed by atoms with Gasteiger partial charge in [-0.05, 0) is 48.4 Å². The van der Waals surface area contributed by atoms with E-state index in [1.165, 1.54) is 11.3 Å². The van der Waals surface area contributed by atoms with Crippen molar-refractivity contribution in [1.82, 2.24) is 4.90 Å². The van der Waals surface area contributed by atoms with E-state index in [1.807, 2.05) is 19.1 Å². The summed E-state index contributed by atoms with van der Waals surface area (Å²) < 4.78 is 0. The number of amides is 2. The Morgan fingerprint density at radius 1 is 1.23 bits per heavy atom. The molecule has 0 saturated heterocycles. The van der Waals surface area contributed by atoms with Gasteiger partial charge in [-0.2, -0.15) is 5.26 Å². The molecule has 2 aromatic carbocycles.